The molecule has 0 radical (unpaired) electrons. The molecule has 0 aliphatic carbocycles. The predicted octanol–water partition coefficient (Wildman–Crippen LogP) is 3.33. The van der Waals surface area contributed by atoms with E-state index in [1.807, 2.05) is 18.2 Å². The molecule has 148 valence electrons. The van der Waals surface area contributed by atoms with E-state index in [9.17, 15) is 13.6 Å². The van der Waals surface area contributed by atoms with E-state index in [0.29, 0.717) is 0 Å². The van der Waals surface area contributed by atoms with Crippen LogP contribution in [-0.2, 0) is 0 Å². The summed E-state index contributed by atoms with van der Waals surface area (Å²) in [5, 5.41) is 2.24. The zero-order chi connectivity index (χ0) is 20.2. The number of nitrogens with one attached hydrogen (secondary N) is 1. The highest BCUT2D eigenvalue weighted by Gasteiger charge is 2.19. The van der Waals surface area contributed by atoms with Crippen molar-refractivity contribution in [3.05, 3.63) is 78.3 Å². The fraction of sp³-hybridized carbons (Fsp3) is 0.190. The summed E-state index contributed by atoms with van der Waals surface area (Å²) in [6, 6.07) is 12.6. The van der Waals surface area contributed by atoms with E-state index in [0.717, 1.165) is 49.8 Å². The van der Waals surface area contributed by atoms with Gasteiger partial charge < -0.3 is 15.1 Å². The number of anilines is 3. The van der Waals surface area contributed by atoms with Crippen LogP contribution >= 0.6 is 0 Å². The molecule has 1 aromatic carbocycles. The van der Waals surface area contributed by atoms with Crippen LogP contribution in [0.5, 0.6) is 0 Å². The minimum absolute atomic E-state index is 0.0866. The van der Waals surface area contributed by atoms with Crippen LogP contribution in [0.2, 0.25) is 0 Å². The third-order valence-electron chi connectivity index (χ3n) is 4.80. The van der Waals surface area contributed by atoms with Gasteiger partial charge in [-0.2, -0.15) is 0 Å². The Hall–Kier alpha value is -3.55. The lowest BCUT2D eigenvalue weighted by Crippen LogP contribution is -2.46. The van der Waals surface area contributed by atoms with E-state index in [-0.39, 0.29) is 5.69 Å². The van der Waals surface area contributed by atoms with Crippen LogP contribution in [0.3, 0.4) is 0 Å². The Morgan fingerprint density at radius 2 is 1.59 bits per heavy atom. The van der Waals surface area contributed by atoms with Gasteiger partial charge in [0.25, 0.3) is 5.91 Å². The van der Waals surface area contributed by atoms with Crippen LogP contribution in [0, 0.1) is 11.6 Å². The Balaban J connectivity index is 1.39. The molecule has 0 spiro atoms. The number of carbonyl (C=O) groups is 1. The lowest BCUT2D eigenvalue weighted by molar-refractivity contribution is 0.102. The van der Waals surface area contributed by atoms with Crippen LogP contribution in [0.4, 0.5) is 26.0 Å². The second kappa shape index (κ2) is 8.22. The van der Waals surface area contributed by atoms with Crippen molar-refractivity contribution < 1.29 is 13.6 Å². The van der Waals surface area contributed by atoms with Gasteiger partial charge in [-0.15, -0.1) is 0 Å². The number of piperazine rings is 1. The van der Waals surface area contributed by atoms with Gasteiger partial charge in [-0.25, -0.2) is 18.7 Å². The van der Waals surface area contributed by atoms with Crippen molar-refractivity contribution in [2.45, 2.75) is 0 Å². The summed E-state index contributed by atoms with van der Waals surface area (Å²) < 4.78 is 27.4. The zero-order valence-corrected chi connectivity index (χ0v) is 15.6. The van der Waals surface area contributed by atoms with Gasteiger partial charge in [0.15, 0.2) is 0 Å². The number of benzene rings is 1. The first-order valence-corrected chi connectivity index (χ1v) is 9.24. The van der Waals surface area contributed by atoms with Gasteiger partial charge in [0.2, 0.25) is 0 Å². The van der Waals surface area contributed by atoms with Gasteiger partial charge in [0.05, 0.1) is 11.9 Å². The average molecular weight is 395 g/mol. The molecule has 1 N–H and O–H groups in total. The maximum Gasteiger partial charge on any atom is 0.274 e. The quantitative estimate of drug-likeness (QED) is 0.734. The number of pyridine rings is 2. The van der Waals surface area contributed by atoms with Gasteiger partial charge >= 0.3 is 0 Å². The van der Waals surface area contributed by atoms with Gasteiger partial charge in [-0.3, -0.25) is 4.79 Å². The number of nitrogens with zero attached hydrogens (tertiary/aromatic N) is 4. The maximum atomic E-state index is 13.7. The monoisotopic (exact) mass is 395 g/mol. The van der Waals surface area contributed by atoms with E-state index in [2.05, 4.69) is 25.1 Å². The van der Waals surface area contributed by atoms with Crippen molar-refractivity contribution in [2.24, 2.45) is 0 Å². The molecule has 1 amide bonds. The minimum Gasteiger partial charge on any atom is -0.367 e. The van der Waals surface area contributed by atoms with Crippen molar-refractivity contribution in [1.29, 1.82) is 0 Å². The van der Waals surface area contributed by atoms with Gasteiger partial charge in [-0.1, -0.05) is 12.1 Å². The Morgan fingerprint density at radius 3 is 2.21 bits per heavy atom. The first-order chi connectivity index (χ1) is 14.1. The van der Waals surface area contributed by atoms with E-state index in [1.165, 1.54) is 6.07 Å². The third kappa shape index (κ3) is 4.16. The highest BCUT2D eigenvalue weighted by atomic mass is 19.1. The number of rotatable bonds is 4. The molecule has 0 bridgehead atoms. The second-order valence-corrected chi connectivity index (χ2v) is 6.61. The molecule has 3 aromatic rings. The van der Waals surface area contributed by atoms with E-state index >= 15 is 0 Å². The Bertz CT molecular complexity index is 969. The van der Waals surface area contributed by atoms with E-state index in [1.54, 1.807) is 24.5 Å². The maximum absolute atomic E-state index is 13.7. The lowest BCUT2D eigenvalue weighted by atomic mass is 10.2. The van der Waals surface area contributed by atoms with E-state index in [4.69, 9.17) is 0 Å². The van der Waals surface area contributed by atoms with Gasteiger partial charge in [0.1, 0.15) is 28.8 Å². The number of hydrogen-bond acceptors (Lipinski definition) is 5. The molecule has 0 unspecified atom stereocenters. The van der Waals surface area contributed by atoms with Crippen LogP contribution in [-0.4, -0.2) is 42.1 Å². The Morgan fingerprint density at radius 1 is 0.862 bits per heavy atom. The molecule has 0 saturated carbocycles. The SMILES string of the molecule is O=C(Nc1c(F)cccc1F)c1ccc(N2CCN(c3ccccn3)CC2)cn1. The fourth-order valence-electron chi connectivity index (χ4n) is 3.24. The molecule has 1 saturated heterocycles. The summed E-state index contributed by atoms with van der Waals surface area (Å²) in [6.45, 7) is 3.24. The molecule has 1 fully saturated rings. The minimum atomic E-state index is -0.833. The third-order valence-corrected chi connectivity index (χ3v) is 4.80. The Labute approximate surface area is 166 Å². The summed E-state index contributed by atoms with van der Waals surface area (Å²) in [4.78, 5) is 25.2. The number of amides is 1. The van der Waals surface area contributed by atoms with Crippen LogP contribution in [0.15, 0.2) is 60.9 Å². The molecule has 8 heteroatoms. The van der Waals surface area contributed by atoms with E-state index < -0.39 is 23.2 Å². The van der Waals surface area contributed by atoms with Crippen LogP contribution < -0.4 is 15.1 Å². The molecule has 3 heterocycles. The summed E-state index contributed by atoms with van der Waals surface area (Å²) in [7, 11) is 0. The fourth-order valence-corrected chi connectivity index (χ4v) is 3.24. The lowest BCUT2D eigenvalue weighted by Gasteiger charge is -2.36. The predicted molar refractivity (Wildman–Crippen MR) is 107 cm³/mol. The second-order valence-electron chi connectivity index (χ2n) is 6.61. The van der Waals surface area contributed by atoms with Crippen molar-refractivity contribution in [3.8, 4) is 0 Å². The van der Waals surface area contributed by atoms with Gasteiger partial charge in [-0.05, 0) is 36.4 Å². The average Bonchev–Trinajstić information content (AvgIpc) is 2.77. The first-order valence-electron chi connectivity index (χ1n) is 9.24. The molecule has 2 aromatic heterocycles. The highest BCUT2D eigenvalue weighted by Crippen LogP contribution is 2.21. The summed E-state index contributed by atoms with van der Waals surface area (Å²) in [6.07, 6.45) is 3.38. The topological polar surface area (TPSA) is 61.4 Å². The standard InChI is InChI=1S/C21H19F2N5O/c22-16-4-3-5-17(23)20(16)26-21(29)18-8-7-15(14-25-18)27-10-12-28(13-11-27)19-6-1-2-9-24-19/h1-9,14H,10-13H2,(H,26,29). The normalized spacial score (nSPS) is 14.0. The van der Waals surface area contributed by atoms with Crippen LogP contribution in [0.1, 0.15) is 10.5 Å². The molecule has 6 nitrogen and oxygen atoms in total. The van der Waals surface area contributed by atoms with Crippen molar-refractivity contribution in [3.63, 3.8) is 0 Å². The number of carbonyl (C=O) groups excluding carboxylic acids is 1. The summed E-state index contributed by atoms with van der Waals surface area (Å²) in [5.74, 6) is -1.38. The number of hydrogen-bond donors (Lipinski definition) is 1. The number of aromatic nitrogens is 2. The number of halogens is 2. The van der Waals surface area contributed by atoms with Crippen LogP contribution in [0.25, 0.3) is 0 Å². The van der Waals surface area contributed by atoms with Crippen molar-refractivity contribution in [2.75, 3.05) is 41.3 Å². The largest absolute Gasteiger partial charge is 0.367 e. The smallest absolute Gasteiger partial charge is 0.274 e. The molecule has 0 atom stereocenters. The summed E-state index contributed by atoms with van der Waals surface area (Å²) >= 11 is 0. The molecule has 4 rings (SSSR count). The first kappa shape index (κ1) is 18.8. The molecular weight excluding hydrogens is 376 g/mol. The molecule has 29 heavy (non-hydrogen) atoms. The zero-order valence-electron chi connectivity index (χ0n) is 15.6. The molecule has 1 aliphatic rings. The van der Waals surface area contributed by atoms with Gasteiger partial charge in [0, 0.05) is 32.4 Å². The number of para-hydroxylation sites is 1. The van der Waals surface area contributed by atoms with Crippen molar-refractivity contribution in [1.82, 2.24) is 9.97 Å². The summed E-state index contributed by atoms with van der Waals surface area (Å²) in [5.41, 5.74) is 0.497. The highest BCUT2D eigenvalue weighted by molar-refractivity contribution is 6.03. The Kier molecular flexibility index (Phi) is 5.33. The molecule has 1 aliphatic heterocycles. The molecular formula is C21H19F2N5O. The van der Waals surface area contributed by atoms with Crippen molar-refractivity contribution >= 4 is 23.1 Å².